The maximum atomic E-state index is 5.89. The van der Waals surface area contributed by atoms with E-state index in [1.54, 1.807) is 11.3 Å². The first-order valence-electron chi connectivity index (χ1n) is 5.59. The number of halogens is 1. The maximum Gasteiger partial charge on any atom is 0.105 e. The van der Waals surface area contributed by atoms with Crippen molar-refractivity contribution in [2.45, 2.75) is 33.4 Å². The van der Waals surface area contributed by atoms with Crippen molar-refractivity contribution in [3.05, 3.63) is 44.5 Å². The van der Waals surface area contributed by atoms with Crippen molar-refractivity contribution >= 4 is 22.9 Å². The number of furan rings is 1. The van der Waals surface area contributed by atoms with Crippen LogP contribution in [0.25, 0.3) is 0 Å². The summed E-state index contributed by atoms with van der Waals surface area (Å²) < 4.78 is 5.53. The van der Waals surface area contributed by atoms with Crippen molar-refractivity contribution in [2.24, 2.45) is 0 Å². The average Bonchev–Trinajstić information content (AvgIpc) is 2.81. The Morgan fingerprint density at radius 2 is 2.18 bits per heavy atom. The zero-order chi connectivity index (χ0) is 12.4. The molecule has 2 aromatic rings. The lowest BCUT2D eigenvalue weighted by molar-refractivity contribution is 0.490. The van der Waals surface area contributed by atoms with Gasteiger partial charge in [0.25, 0.3) is 0 Å². The Morgan fingerprint density at radius 1 is 1.41 bits per heavy atom. The van der Waals surface area contributed by atoms with Crippen molar-refractivity contribution in [1.82, 2.24) is 5.32 Å². The van der Waals surface area contributed by atoms with E-state index >= 15 is 0 Å². The topological polar surface area (TPSA) is 25.2 Å². The summed E-state index contributed by atoms with van der Waals surface area (Å²) in [6.07, 6.45) is 0. The lowest BCUT2D eigenvalue weighted by Gasteiger charge is -2.12. The molecular weight excluding hydrogens is 254 g/mol. The van der Waals surface area contributed by atoms with Crippen LogP contribution in [0.2, 0.25) is 5.02 Å². The molecule has 0 aliphatic heterocycles. The van der Waals surface area contributed by atoms with Crippen molar-refractivity contribution in [2.75, 3.05) is 0 Å². The van der Waals surface area contributed by atoms with E-state index in [0.717, 1.165) is 23.1 Å². The molecule has 2 nitrogen and oxygen atoms in total. The van der Waals surface area contributed by atoms with E-state index in [1.807, 2.05) is 25.3 Å². The van der Waals surface area contributed by atoms with Gasteiger partial charge < -0.3 is 9.73 Å². The molecule has 1 unspecified atom stereocenters. The maximum absolute atomic E-state index is 5.89. The summed E-state index contributed by atoms with van der Waals surface area (Å²) in [7, 11) is 0. The van der Waals surface area contributed by atoms with Crippen molar-refractivity contribution < 1.29 is 4.42 Å². The summed E-state index contributed by atoms with van der Waals surface area (Å²) in [6, 6.07) is 4.38. The smallest absolute Gasteiger partial charge is 0.105 e. The molecule has 1 atom stereocenters. The van der Waals surface area contributed by atoms with Gasteiger partial charge in [0.05, 0.1) is 5.02 Å². The summed E-state index contributed by atoms with van der Waals surface area (Å²) >= 11 is 7.57. The van der Waals surface area contributed by atoms with Gasteiger partial charge in [-0.15, -0.1) is 11.3 Å². The van der Waals surface area contributed by atoms with Gasteiger partial charge in [-0.2, -0.15) is 0 Å². The Morgan fingerprint density at radius 3 is 2.71 bits per heavy atom. The van der Waals surface area contributed by atoms with E-state index in [9.17, 15) is 0 Å². The average molecular weight is 270 g/mol. The van der Waals surface area contributed by atoms with E-state index in [4.69, 9.17) is 16.0 Å². The number of aryl methyl sites for hydroxylation is 2. The van der Waals surface area contributed by atoms with E-state index in [-0.39, 0.29) is 6.04 Å². The first kappa shape index (κ1) is 12.7. The Hall–Kier alpha value is -0.770. The fourth-order valence-corrected chi connectivity index (χ4v) is 2.91. The highest BCUT2D eigenvalue weighted by molar-refractivity contribution is 7.10. The van der Waals surface area contributed by atoms with E-state index in [0.29, 0.717) is 0 Å². The molecule has 92 valence electrons. The lowest BCUT2D eigenvalue weighted by atomic mass is 10.1. The van der Waals surface area contributed by atoms with Gasteiger partial charge in [-0.05, 0) is 32.9 Å². The minimum atomic E-state index is 0.285. The summed E-state index contributed by atoms with van der Waals surface area (Å²) in [4.78, 5) is 1.25. The molecule has 1 N–H and O–H groups in total. The quantitative estimate of drug-likeness (QED) is 0.886. The highest BCUT2D eigenvalue weighted by Crippen LogP contribution is 2.23. The van der Waals surface area contributed by atoms with E-state index in [1.165, 1.54) is 10.4 Å². The predicted octanol–water partition coefficient (Wildman–Crippen LogP) is 4.46. The minimum Gasteiger partial charge on any atom is -0.466 e. The molecule has 0 aliphatic carbocycles. The fourth-order valence-electron chi connectivity index (χ4n) is 1.89. The van der Waals surface area contributed by atoms with E-state index in [2.05, 4.69) is 18.3 Å². The molecule has 2 rings (SSSR count). The molecule has 4 heteroatoms. The summed E-state index contributed by atoms with van der Waals surface area (Å²) in [5.74, 6) is 1.96. The van der Waals surface area contributed by atoms with Crippen LogP contribution < -0.4 is 5.32 Å². The molecule has 0 amide bonds. The van der Waals surface area contributed by atoms with Crippen molar-refractivity contribution in [3.8, 4) is 0 Å². The van der Waals surface area contributed by atoms with Gasteiger partial charge >= 0.3 is 0 Å². The Kier molecular flexibility index (Phi) is 3.92. The Balaban J connectivity index is 1.97. The molecule has 0 fully saturated rings. The summed E-state index contributed by atoms with van der Waals surface area (Å²) in [5, 5.41) is 6.24. The molecule has 2 heterocycles. The number of rotatable bonds is 4. The third kappa shape index (κ3) is 3.12. The van der Waals surface area contributed by atoms with Crippen LogP contribution in [0.15, 0.2) is 21.9 Å². The second-order valence-electron chi connectivity index (χ2n) is 4.20. The molecule has 0 saturated heterocycles. The molecule has 17 heavy (non-hydrogen) atoms. The van der Waals surface area contributed by atoms with Gasteiger partial charge in [-0.25, -0.2) is 0 Å². The molecule has 0 saturated carbocycles. The number of hydrogen-bond donors (Lipinski definition) is 1. The second kappa shape index (κ2) is 5.25. The van der Waals surface area contributed by atoms with Crippen LogP contribution in [0.5, 0.6) is 0 Å². The highest BCUT2D eigenvalue weighted by Gasteiger charge is 2.12. The molecular formula is C13H16ClNOS. The normalized spacial score (nSPS) is 12.9. The van der Waals surface area contributed by atoms with Gasteiger partial charge in [-0.3, -0.25) is 0 Å². The van der Waals surface area contributed by atoms with Gasteiger partial charge in [0.2, 0.25) is 0 Å². The van der Waals surface area contributed by atoms with Crippen molar-refractivity contribution in [3.63, 3.8) is 0 Å². The first-order valence-corrected chi connectivity index (χ1v) is 6.85. The third-order valence-corrected chi connectivity index (χ3v) is 4.03. The number of nitrogens with one attached hydrogen (secondary N) is 1. The summed E-state index contributed by atoms with van der Waals surface area (Å²) in [6.45, 7) is 6.96. The standard InChI is InChI=1S/C13H16ClNOS/c1-8-4-13(10(3)16-8)9(2)15-6-12-5-11(14)7-17-12/h4-5,7,9,15H,6H2,1-3H3. The zero-order valence-electron chi connectivity index (χ0n) is 10.2. The van der Waals surface area contributed by atoms with Crippen molar-refractivity contribution in [1.29, 1.82) is 0 Å². The monoisotopic (exact) mass is 269 g/mol. The third-order valence-electron chi connectivity index (χ3n) is 2.75. The fraction of sp³-hybridized carbons (Fsp3) is 0.385. The molecule has 0 aliphatic rings. The summed E-state index contributed by atoms with van der Waals surface area (Å²) in [5.41, 5.74) is 1.23. The van der Waals surface area contributed by atoms with Crippen LogP contribution >= 0.6 is 22.9 Å². The Bertz CT molecular complexity index is 503. The SMILES string of the molecule is Cc1cc(C(C)NCc2cc(Cl)cs2)c(C)o1. The first-order chi connectivity index (χ1) is 8.06. The molecule has 0 spiro atoms. The van der Waals surface area contributed by atoms with Crippen LogP contribution in [-0.4, -0.2) is 0 Å². The molecule has 0 aromatic carbocycles. The van der Waals surface area contributed by atoms with Gasteiger partial charge in [-0.1, -0.05) is 11.6 Å². The number of hydrogen-bond acceptors (Lipinski definition) is 3. The lowest BCUT2D eigenvalue weighted by Crippen LogP contribution is -2.17. The zero-order valence-corrected chi connectivity index (χ0v) is 11.8. The van der Waals surface area contributed by atoms with Crippen LogP contribution in [0.1, 0.15) is 34.9 Å². The highest BCUT2D eigenvalue weighted by atomic mass is 35.5. The minimum absolute atomic E-state index is 0.285. The molecule has 0 radical (unpaired) electrons. The van der Waals surface area contributed by atoms with Crippen LogP contribution in [0.4, 0.5) is 0 Å². The molecule has 0 bridgehead atoms. The van der Waals surface area contributed by atoms with Gasteiger partial charge in [0.1, 0.15) is 11.5 Å². The van der Waals surface area contributed by atoms with Crippen LogP contribution in [0.3, 0.4) is 0 Å². The van der Waals surface area contributed by atoms with Gasteiger partial charge in [0.15, 0.2) is 0 Å². The van der Waals surface area contributed by atoms with E-state index < -0.39 is 0 Å². The number of thiophene rings is 1. The van der Waals surface area contributed by atoms with Gasteiger partial charge in [0, 0.05) is 28.4 Å². The predicted molar refractivity (Wildman–Crippen MR) is 72.8 cm³/mol. The molecule has 2 aromatic heterocycles. The van der Waals surface area contributed by atoms with Crippen LogP contribution in [-0.2, 0) is 6.54 Å². The second-order valence-corrected chi connectivity index (χ2v) is 5.63. The van der Waals surface area contributed by atoms with Crippen LogP contribution in [0, 0.1) is 13.8 Å². The largest absolute Gasteiger partial charge is 0.466 e. The Labute approximate surface area is 111 Å².